The van der Waals surface area contributed by atoms with Crippen molar-refractivity contribution in [2.45, 2.75) is 26.3 Å². The Morgan fingerprint density at radius 3 is 2.58 bits per heavy atom. The molecule has 1 saturated heterocycles. The van der Waals surface area contributed by atoms with E-state index in [-0.39, 0.29) is 5.91 Å². The Labute approximate surface area is 194 Å². The summed E-state index contributed by atoms with van der Waals surface area (Å²) >= 11 is 0. The maximum absolute atomic E-state index is 11.3. The molecular weight excluding hydrogens is 418 g/mol. The predicted octanol–water partition coefficient (Wildman–Crippen LogP) is 3.37. The van der Waals surface area contributed by atoms with E-state index in [1.807, 2.05) is 30.6 Å². The second-order valence-electron chi connectivity index (χ2n) is 8.69. The summed E-state index contributed by atoms with van der Waals surface area (Å²) in [6, 6.07) is 12.1. The van der Waals surface area contributed by atoms with Crippen LogP contribution in [0, 0.1) is 0 Å². The van der Waals surface area contributed by atoms with Crippen LogP contribution in [-0.4, -0.2) is 66.3 Å². The number of piperazine rings is 1. The van der Waals surface area contributed by atoms with Gasteiger partial charge in [-0.25, -0.2) is 4.98 Å². The number of nitrogens with zero attached hydrogens (tertiary/aromatic N) is 4. The quantitative estimate of drug-likeness (QED) is 0.558. The van der Waals surface area contributed by atoms with E-state index in [4.69, 9.17) is 9.47 Å². The Morgan fingerprint density at radius 2 is 1.76 bits per heavy atom. The molecule has 2 aromatic carbocycles. The number of carbonyl (C=O) groups is 1. The number of hydrogen-bond acceptors (Lipinski definition) is 6. The highest BCUT2D eigenvalue weighted by molar-refractivity contribution is 5.91. The number of hydrogen-bond donors (Lipinski definition) is 1. The van der Waals surface area contributed by atoms with E-state index < -0.39 is 0 Å². The largest absolute Gasteiger partial charge is 0.486 e. The van der Waals surface area contributed by atoms with Crippen LogP contribution in [0.2, 0.25) is 0 Å². The van der Waals surface area contributed by atoms with Crippen molar-refractivity contribution in [3.05, 3.63) is 42.7 Å². The minimum atomic E-state index is -0.0607. The molecule has 1 N–H and O–H groups in total. The van der Waals surface area contributed by atoms with Crippen LogP contribution in [0.5, 0.6) is 11.5 Å². The molecule has 0 radical (unpaired) electrons. The first kappa shape index (κ1) is 21.6. The average Bonchev–Trinajstić information content (AvgIpc) is 3.24. The number of unbranched alkanes of at least 4 members (excludes halogenated alkanes) is 1. The van der Waals surface area contributed by atoms with Crippen LogP contribution in [0.25, 0.3) is 11.0 Å². The Hall–Kier alpha value is -3.26. The number of benzene rings is 2. The lowest BCUT2D eigenvalue weighted by Crippen LogP contribution is -2.46. The number of nitrogens with one attached hydrogen (secondary N) is 1. The highest BCUT2D eigenvalue weighted by Gasteiger charge is 2.19. The van der Waals surface area contributed by atoms with E-state index in [1.165, 1.54) is 12.6 Å². The number of imidazole rings is 1. The Kier molecular flexibility index (Phi) is 6.35. The molecule has 0 unspecified atom stereocenters. The van der Waals surface area contributed by atoms with Crippen molar-refractivity contribution in [2.75, 3.05) is 56.2 Å². The number of anilines is 2. The van der Waals surface area contributed by atoms with Gasteiger partial charge in [0.15, 0.2) is 11.5 Å². The van der Waals surface area contributed by atoms with Gasteiger partial charge in [-0.1, -0.05) is 0 Å². The summed E-state index contributed by atoms with van der Waals surface area (Å²) in [6.45, 7) is 9.00. The summed E-state index contributed by atoms with van der Waals surface area (Å²) < 4.78 is 13.6. The van der Waals surface area contributed by atoms with Crippen LogP contribution in [-0.2, 0) is 11.3 Å². The zero-order chi connectivity index (χ0) is 22.6. The van der Waals surface area contributed by atoms with Crippen LogP contribution in [0.4, 0.5) is 11.4 Å². The second-order valence-corrected chi connectivity index (χ2v) is 8.69. The third kappa shape index (κ3) is 5.06. The monoisotopic (exact) mass is 449 g/mol. The van der Waals surface area contributed by atoms with Crippen molar-refractivity contribution in [3.8, 4) is 11.5 Å². The van der Waals surface area contributed by atoms with Crippen molar-refractivity contribution in [1.29, 1.82) is 0 Å². The third-order valence-electron chi connectivity index (χ3n) is 6.33. The molecule has 0 saturated carbocycles. The first-order chi connectivity index (χ1) is 16.2. The highest BCUT2D eigenvalue weighted by atomic mass is 16.6. The molecule has 174 valence electrons. The maximum atomic E-state index is 11.3. The lowest BCUT2D eigenvalue weighted by molar-refractivity contribution is -0.114. The number of ether oxygens (including phenoxy) is 2. The molecule has 0 aliphatic carbocycles. The Balaban J connectivity index is 1.08. The topological polar surface area (TPSA) is 71.9 Å². The maximum Gasteiger partial charge on any atom is 0.221 e. The molecule has 1 amide bonds. The molecule has 8 heteroatoms. The normalized spacial score (nSPS) is 16.2. The van der Waals surface area contributed by atoms with Crippen molar-refractivity contribution >= 4 is 28.3 Å². The molecule has 2 aliphatic rings. The molecule has 0 bridgehead atoms. The summed E-state index contributed by atoms with van der Waals surface area (Å²) in [6.07, 6.45) is 4.14. The number of aromatic nitrogens is 2. The molecule has 8 nitrogen and oxygen atoms in total. The van der Waals surface area contributed by atoms with Gasteiger partial charge in [0.05, 0.1) is 17.4 Å². The summed E-state index contributed by atoms with van der Waals surface area (Å²) in [7, 11) is 0. The number of rotatable bonds is 7. The van der Waals surface area contributed by atoms with Crippen LogP contribution >= 0.6 is 0 Å². The molecule has 3 heterocycles. The van der Waals surface area contributed by atoms with E-state index in [9.17, 15) is 4.79 Å². The van der Waals surface area contributed by atoms with Gasteiger partial charge in [-0.05, 0) is 49.7 Å². The van der Waals surface area contributed by atoms with Gasteiger partial charge in [-0.2, -0.15) is 0 Å². The van der Waals surface area contributed by atoms with Crippen molar-refractivity contribution < 1.29 is 14.3 Å². The molecule has 1 aromatic heterocycles. The number of amides is 1. The van der Waals surface area contributed by atoms with E-state index in [0.717, 1.165) is 80.3 Å². The first-order valence-electron chi connectivity index (χ1n) is 11.8. The molecule has 0 atom stereocenters. The summed E-state index contributed by atoms with van der Waals surface area (Å²) in [5, 5.41) is 2.85. The van der Waals surface area contributed by atoms with Gasteiger partial charge >= 0.3 is 0 Å². The molecule has 5 rings (SSSR count). The average molecular weight is 450 g/mol. The van der Waals surface area contributed by atoms with Gasteiger partial charge in [-0.3, -0.25) is 9.69 Å². The van der Waals surface area contributed by atoms with E-state index >= 15 is 0 Å². The molecule has 3 aromatic rings. The van der Waals surface area contributed by atoms with E-state index in [2.05, 4.69) is 36.8 Å². The van der Waals surface area contributed by atoms with Gasteiger partial charge < -0.3 is 24.3 Å². The van der Waals surface area contributed by atoms with Gasteiger partial charge in [-0.15, -0.1) is 0 Å². The lowest BCUT2D eigenvalue weighted by atomic mass is 10.2. The van der Waals surface area contributed by atoms with Gasteiger partial charge in [0.1, 0.15) is 13.2 Å². The minimum absolute atomic E-state index is 0.0607. The van der Waals surface area contributed by atoms with Crippen molar-refractivity contribution in [3.63, 3.8) is 0 Å². The van der Waals surface area contributed by atoms with Crippen LogP contribution in [0.15, 0.2) is 42.7 Å². The van der Waals surface area contributed by atoms with E-state index in [1.54, 1.807) is 0 Å². The lowest BCUT2D eigenvalue weighted by Gasteiger charge is -2.36. The fourth-order valence-electron chi connectivity index (χ4n) is 4.59. The van der Waals surface area contributed by atoms with Crippen LogP contribution < -0.4 is 19.7 Å². The minimum Gasteiger partial charge on any atom is -0.486 e. The van der Waals surface area contributed by atoms with Crippen LogP contribution in [0.1, 0.15) is 19.8 Å². The number of fused-ring (bicyclic) bond motifs is 2. The SMILES string of the molecule is CC(=O)Nc1ccc2ncn(CCCCN3CCN(c4ccc5c(c4)OCCO5)CC3)c2c1. The van der Waals surface area contributed by atoms with Gasteiger partial charge in [0, 0.05) is 57.1 Å². The molecule has 0 spiro atoms. The number of carbonyl (C=O) groups excluding carboxylic acids is 1. The zero-order valence-electron chi connectivity index (χ0n) is 19.1. The van der Waals surface area contributed by atoms with Gasteiger partial charge in [0.2, 0.25) is 5.91 Å². The van der Waals surface area contributed by atoms with Crippen molar-refractivity contribution in [2.24, 2.45) is 0 Å². The van der Waals surface area contributed by atoms with Crippen molar-refractivity contribution in [1.82, 2.24) is 14.5 Å². The smallest absolute Gasteiger partial charge is 0.221 e. The fourth-order valence-corrected chi connectivity index (χ4v) is 4.59. The van der Waals surface area contributed by atoms with E-state index in [0.29, 0.717) is 13.2 Å². The molecule has 2 aliphatic heterocycles. The standard InChI is InChI=1S/C25H31N5O3/c1-19(31)27-20-4-6-22-23(16-20)30(18-26-22)9-3-2-8-28-10-12-29(13-11-28)21-5-7-24-25(17-21)33-15-14-32-24/h4-7,16-18H,2-3,8-15H2,1H3,(H,27,31). The molecular formula is C25H31N5O3. The fraction of sp³-hybridized carbons (Fsp3) is 0.440. The first-order valence-corrected chi connectivity index (χ1v) is 11.8. The predicted molar refractivity (Wildman–Crippen MR) is 129 cm³/mol. The Morgan fingerprint density at radius 1 is 0.970 bits per heavy atom. The van der Waals surface area contributed by atoms with Gasteiger partial charge in [0.25, 0.3) is 0 Å². The second kappa shape index (κ2) is 9.70. The Bertz CT molecular complexity index is 1120. The van der Waals surface area contributed by atoms with Crippen LogP contribution in [0.3, 0.4) is 0 Å². The summed E-state index contributed by atoms with van der Waals surface area (Å²) in [4.78, 5) is 20.8. The molecule has 33 heavy (non-hydrogen) atoms. The summed E-state index contributed by atoms with van der Waals surface area (Å²) in [5.74, 6) is 1.65. The molecule has 1 fully saturated rings. The third-order valence-corrected chi connectivity index (χ3v) is 6.33. The number of aryl methyl sites for hydroxylation is 1. The summed E-state index contributed by atoms with van der Waals surface area (Å²) in [5.41, 5.74) is 4.05. The zero-order valence-corrected chi connectivity index (χ0v) is 19.1. The highest BCUT2D eigenvalue weighted by Crippen LogP contribution is 2.34.